The van der Waals surface area contributed by atoms with Crippen LogP contribution in [0.2, 0.25) is 0 Å². The first kappa shape index (κ1) is 24.8. The molecule has 1 aromatic heterocycles. The number of ether oxygens (including phenoxy) is 1. The first-order chi connectivity index (χ1) is 12.9. The number of thiophene rings is 1. The predicted molar refractivity (Wildman–Crippen MR) is 128 cm³/mol. The van der Waals surface area contributed by atoms with Gasteiger partial charge in [0.2, 0.25) is 0 Å². The lowest BCUT2D eigenvalue weighted by Crippen LogP contribution is -2.52. The van der Waals surface area contributed by atoms with Crippen LogP contribution in [0, 0.1) is 0 Å². The molecule has 0 aliphatic carbocycles. The monoisotopic (exact) mass is 523 g/mol. The maximum atomic E-state index is 11.6. The smallest absolute Gasteiger partial charge is 0.407 e. The molecule has 0 atom stereocenters. The van der Waals surface area contributed by atoms with Crippen LogP contribution in [0.25, 0.3) is 0 Å². The van der Waals surface area contributed by atoms with Crippen molar-refractivity contribution in [2.24, 2.45) is 4.99 Å². The van der Waals surface area contributed by atoms with E-state index < -0.39 is 5.60 Å². The largest absolute Gasteiger partial charge is 0.444 e. The van der Waals surface area contributed by atoms with E-state index in [1.807, 2.05) is 20.8 Å². The molecule has 1 saturated heterocycles. The highest BCUT2D eigenvalue weighted by molar-refractivity contribution is 14.0. The second-order valence-electron chi connectivity index (χ2n) is 7.44. The lowest BCUT2D eigenvalue weighted by molar-refractivity contribution is 0.0527. The summed E-state index contributed by atoms with van der Waals surface area (Å²) in [7, 11) is 0. The molecule has 1 fully saturated rings. The molecule has 2 heterocycles. The van der Waals surface area contributed by atoms with Crippen molar-refractivity contribution in [1.29, 1.82) is 0 Å². The summed E-state index contributed by atoms with van der Waals surface area (Å²) in [6.07, 6.45) is 0.409. The van der Waals surface area contributed by atoms with E-state index >= 15 is 0 Å². The zero-order valence-electron chi connectivity index (χ0n) is 17.4. The molecule has 9 heteroatoms. The van der Waals surface area contributed by atoms with Crippen LogP contribution in [0.3, 0.4) is 0 Å². The third-order valence-electron chi connectivity index (χ3n) is 4.00. The number of nitrogens with zero attached hydrogens (tertiary/aromatic N) is 3. The van der Waals surface area contributed by atoms with Gasteiger partial charge in [0, 0.05) is 45.8 Å². The highest BCUT2D eigenvalue weighted by atomic mass is 127. The van der Waals surface area contributed by atoms with E-state index in [1.54, 1.807) is 11.3 Å². The first-order valence-electron chi connectivity index (χ1n) is 9.67. The van der Waals surface area contributed by atoms with Gasteiger partial charge in [-0.2, -0.15) is 0 Å². The van der Waals surface area contributed by atoms with Gasteiger partial charge in [-0.1, -0.05) is 0 Å². The average molecular weight is 523 g/mol. The van der Waals surface area contributed by atoms with Crippen molar-refractivity contribution in [2.45, 2.75) is 39.7 Å². The molecule has 1 aliphatic heterocycles. The molecule has 1 aromatic rings. The Bertz CT molecular complexity index is 596. The summed E-state index contributed by atoms with van der Waals surface area (Å²) in [5.41, 5.74) is -0.467. The van der Waals surface area contributed by atoms with Crippen LogP contribution >= 0.6 is 35.3 Å². The van der Waals surface area contributed by atoms with Gasteiger partial charge in [-0.3, -0.25) is 4.99 Å². The predicted octanol–water partition coefficient (Wildman–Crippen LogP) is 3.37. The van der Waals surface area contributed by atoms with Crippen LogP contribution in [0.4, 0.5) is 9.80 Å². The van der Waals surface area contributed by atoms with E-state index in [0.29, 0.717) is 13.1 Å². The number of anilines is 1. The number of hydrogen-bond acceptors (Lipinski definition) is 5. The van der Waals surface area contributed by atoms with E-state index in [2.05, 4.69) is 44.9 Å². The van der Waals surface area contributed by atoms with Gasteiger partial charge in [0.25, 0.3) is 0 Å². The average Bonchev–Trinajstić information content (AvgIpc) is 3.14. The Morgan fingerprint density at radius 2 is 1.96 bits per heavy atom. The number of carbonyl (C=O) groups excluding carboxylic acids is 1. The maximum Gasteiger partial charge on any atom is 0.407 e. The Morgan fingerprint density at radius 3 is 2.54 bits per heavy atom. The van der Waals surface area contributed by atoms with Crippen LogP contribution in [0.5, 0.6) is 0 Å². The third-order valence-corrected chi connectivity index (χ3v) is 4.93. The topological polar surface area (TPSA) is 69.2 Å². The maximum absolute atomic E-state index is 11.6. The SMILES string of the molecule is CCNC(=NCCCNC(=O)OC(C)(C)C)N1CCN(c2cccs2)CC1.I. The summed E-state index contributed by atoms with van der Waals surface area (Å²) < 4.78 is 5.23. The highest BCUT2D eigenvalue weighted by Crippen LogP contribution is 2.22. The molecule has 0 saturated carbocycles. The minimum Gasteiger partial charge on any atom is -0.444 e. The van der Waals surface area contributed by atoms with Gasteiger partial charge in [0.05, 0.1) is 5.00 Å². The summed E-state index contributed by atoms with van der Waals surface area (Å²) in [4.78, 5) is 21.1. The number of rotatable bonds is 6. The first-order valence-corrected chi connectivity index (χ1v) is 10.6. The standard InChI is InChI=1S/C19H33N5O2S.HI/c1-5-20-17(21-9-7-10-22-18(25)26-19(2,3)4)24-13-11-23(12-14-24)16-8-6-15-27-16;/h6,8,15H,5,7,9-14H2,1-4H3,(H,20,21)(H,22,25);1H. The second-order valence-corrected chi connectivity index (χ2v) is 8.37. The summed E-state index contributed by atoms with van der Waals surface area (Å²) in [6.45, 7) is 13.7. The van der Waals surface area contributed by atoms with Crippen molar-refractivity contribution in [3.8, 4) is 0 Å². The highest BCUT2D eigenvalue weighted by Gasteiger charge is 2.20. The van der Waals surface area contributed by atoms with Crippen LogP contribution in [0.15, 0.2) is 22.5 Å². The Hall–Kier alpha value is -1.23. The van der Waals surface area contributed by atoms with E-state index in [-0.39, 0.29) is 30.1 Å². The minimum absolute atomic E-state index is 0. The minimum atomic E-state index is -0.467. The van der Waals surface area contributed by atoms with Gasteiger partial charge in [-0.15, -0.1) is 35.3 Å². The quantitative estimate of drug-likeness (QED) is 0.259. The van der Waals surface area contributed by atoms with E-state index in [1.165, 1.54) is 5.00 Å². The van der Waals surface area contributed by atoms with Gasteiger partial charge in [-0.05, 0) is 51.6 Å². The van der Waals surface area contributed by atoms with E-state index in [4.69, 9.17) is 9.73 Å². The zero-order valence-corrected chi connectivity index (χ0v) is 20.5. The number of guanidine groups is 1. The molecule has 2 rings (SSSR count). The van der Waals surface area contributed by atoms with Crippen molar-refractivity contribution in [1.82, 2.24) is 15.5 Å². The molecule has 0 spiro atoms. The Morgan fingerprint density at radius 1 is 1.25 bits per heavy atom. The van der Waals surface area contributed by atoms with E-state index in [0.717, 1.165) is 45.1 Å². The number of hydrogen-bond donors (Lipinski definition) is 2. The van der Waals surface area contributed by atoms with Gasteiger partial charge >= 0.3 is 6.09 Å². The zero-order chi connectivity index (χ0) is 19.7. The number of nitrogens with one attached hydrogen (secondary N) is 2. The second kappa shape index (κ2) is 12.4. The summed E-state index contributed by atoms with van der Waals surface area (Å²) in [6, 6.07) is 4.28. The van der Waals surface area contributed by atoms with Crippen molar-refractivity contribution < 1.29 is 9.53 Å². The fraction of sp³-hybridized carbons (Fsp3) is 0.684. The number of aliphatic imine (C=N–C) groups is 1. The molecular weight excluding hydrogens is 489 g/mol. The molecule has 160 valence electrons. The number of halogens is 1. The lowest BCUT2D eigenvalue weighted by Gasteiger charge is -2.37. The van der Waals surface area contributed by atoms with Gasteiger partial charge < -0.3 is 25.2 Å². The summed E-state index contributed by atoms with van der Waals surface area (Å²) >= 11 is 1.79. The Labute approximate surface area is 189 Å². The van der Waals surface area contributed by atoms with Gasteiger partial charge in [0.15, 0.2) is 5.96 Å². The number of alkyl carbamates (subject to hydrolysis) is 1. The molecule has 0 bridgehead atoms. The molecule has 2 N–H and O–H groups in total. The molecule has 0 aromatic carbocycles. The summed E-state index contributed by atoms with van der Waals surface area (Å²) in [5, 5.41) is 9.62. The molecular formula is C19H34IN5O2S. The van der Waals surface area contributed by atoms with Gasteiger partial charge in [0.1, 0.15) is 5.60 Å². The molecule has 0 radical (unpaired) electrons. The number of carbonyl (C=O) groups is 1. The van der Waals surface area contributed by atoms with Crippen LogP contribution < -0.4 is 15.5 Å². The molecule has 0 unspecified atom stereocenters. The van der Waals surface area contributed by atoms with Crippen molar-refractivity contribution >= 4 is 52.4 Å². The van der Waals surface area contributed by atoms with Crippen molar-refractivity contribution in [3.05, 3.63) is 17.5 Å². The van der Waals surface area contributed by atoms with Crippen LogP contribution in [0.1, 0.15) is 34.1 Å². The fourth-order valence-electron chi connectivity index (χ4n) is 2.78. The molecule has 1 amide bonds. The number of amides is 1. The Kier molecular flexibility index (Phi) is 10.9. The fourth-order valence-corrected chi connectivity index (χ4v) is 3.57. The normalized spacial score (nSPS) is 15.1. The van der Waals surface area contributed by atoms with Crippen molar-refractivity contribution in [3.63, 3.8) is 0 Å². The van der Waals surface area contributed by atoms with Gasteiger partial charge in [-0.25, -0.2) is 4.79 Å². The molecule has 7 nitrogen and oxygen atoms in total. The van der Waals surface area contributed by atoms with E-state index in [9.17, 15) is 4.79 Å². The Balaban J connectivity index is 0.00000392. The third kappa shape index (κ3) is 8.85. The van der Waals surface area contributed by atoms with Crippen LogP contribution in [-0.4, -0.2) is 68.4 Å². The number of piperazine rings is 1. The molecule has 1 aliphatic rings. The summed E-state index contributed by atoms with van der Waals surface area (Å²) in [5.74, 6) is 0.959. The molecule has 28 heavy (non-hydrogen) atoms. The lowest BCUT2D eigenvalue weighted by atomic mass is 10.2. The van der Waals surface area contributed by atoms with Crippen LogP contribution in [-0.2, 0) is 4.74 Å². The van der Waals surface area contributed by atoms with Crippen molar-refractivity contribution in [2.75, 3.05) is 50.7 Å².